The monoisotopic (exact) mass is 401 g/mol. The van der Waals surface area contributed by atoms with Crippen molar-refractivity contribution in [3.8, 4) is 10.8 Å². The summed E-state index contributed by atoms with van der Waals surface area (Å²) in [6, 6.07) is 11.7. The molecule has 0 saturated carbocycles. The van der Waals surface area contributed by atoms with E-state index in [1.807, 2.05) is 40.6 Å². The van der Waals surface area contributed by atoms with E-state index in [0.29, 0.717) is 6.42 Å². The maximum absolute atomic E-state index is 12.6. The third-order valence-electron chi connectivity index (χ3n) is 4.64. The lowest BCUT2D eigenvalue weighted by Crippen LogP contribution is -2.48. The SMILES string of the molecule is O=C(Cc1csc(-c2ccco2)n1)N1CCN(Cc2cccc(Cl)c2)CC1. The lowest BCUT2D eigenvalue weighted by atomic mass is 10.2. The molecule has 1 aromatic carbocycles. The Labute approximate surface area is 167 Å². The summed E-state index contributed by atoms with van der Waals surface area (Å²) >= 11 is 7.56. The molecule has 1 aliphatic rings. The number of aromatic nitrogens is 1. The van der Waals surface area contributed by atoms with Crippen LogP contribution in [0.1, 0.15) is 11.3 Å². The Morgan fingerprint density at radius 2 is 2.04 bits per heavy atom. The lowest BCUT2D eigenvalue weighted by molar-refractivity contribution is -0.132. The number of thiazole rings is 1. The zero-order chi connectivity index (χ0) is 18.6. The Balaban J connectivity index is 1.28. The number of carbonyl (C=O) groups excluding carboxylic acids is 1. The summed E-state index contributed by atoms with van der Waals surface area (Å²) in [5.41, 5.74) is 2.01. The van der Waals surface area contributed by atoms with E-state index in [1.165, 1.54) is 16.9 Å². The quantitative estimate of drug-likeness (QED) is 0.649. The largest absolute Gasteiger partial charge is 0.462 e. The fraction of sp³-hybridized carbons (Fsp3) is 0.300. The van der Waals surface area contributed by atoms with Crippen molar-refractivity contribution in [1.29, 1.82) is 0 Å². The summed E-state index contributed by atoms with van der Waals surface area (Å²) in [6.45, 7) is 4.09. The fourth-order valence-electron chi connectivity index (χ4n) is 3.22. The summed E-state index contributed by atoms with van der Waals surface area (Å²) in [7, 11) is 0. The number of hydrogen-bond acceptors (Lipinski definition) is 5. The van der Waals surface area contributed by atoms with Crippen molar-refractivity contribution >= 4 is 28.8 Å². The summed E-state index contributed by atoms with van der Waals surface area (Å²) in [4.78, 5) is 21.4. The molecule has 2 aromatic heterocycles. The lowest BCUT2D eigenvalue weighted by Gasteiger charge is -2.34. The molecule has 3 aromatic rings. The molecule has 3 heterocycles. The normalized spacial score (nSPS) is 15.2. The van der Waals surface area contributed by atoms with Crippen molar-refractivity contribution in [1.82, 2.24) is 14.8 Å². The Kier molecular flexibility index (Phi) is 5.57. The molecule has 0 spiro atoms. The summed E-state index contributed by atoms with van der Waals surface area (Å²) < 4.78 is 5.36. The van der Waals surface area contributed by atoms with Gasteiger partial charge >= 0.3 is 0 Å². The number of halogens is 1. The predicted octanol–water partition coefficient (Wildman–Crippen LogP) is 3.94. The third-order valence-corrected chi connectivity index (χ3v) is 5.78. The zero-order valence-electron chi connectivity index (χ0n) is 14.8. The summed E-state index contributed by atoms with van der Waals surface area (Å²) in [5, 5.41) is 3.51. The first-order chi connectivity index (χ1) is 13.2. The molecule has 4 rings (SSSR count). The average molecular weight is 402 g/mol. The molecule has 140 valence electrons. The minimum Gasteiger partial charge on any atom is -0.462 e. The van der Waals surface area contributed by atoms with E-state index in [0.717, 1.165) is 54.2 Å². The van der Waals surface area contributed by atoms with Crippen molar-refractivity contribution in [2.75, 3.05) is 26.2 Å². The number of rotatable bonds is 5. The second-order valence-electron chi connectivity index (χ2n) is 6.58. The zero-order valence-corrected chi connectivity index (χ0v) is 16.4. The third kappa shape index (κ3) is 4.58. The van der Waals surface area contributed by atoms with Crippen LogP contribution in [0.2, 0.25) is 5.02 Å². The molecule has 1 aliphatic heterocycles. The van der Waals surface area contributed by atoms with Gasteiger partial charge in [-0.25, -0.2) is 4.98 Å². The second-order valence-corrected chi connectivity index (χ2v) is 7.88. The number of piperazine rings is 1. The van der Waals surface area contributed by atoms with Crippen LogP contribution >= 0.6 is 22.9 Å². The van der Waals surface area contributed by atoms with Gasteiger partial charge < -0.3 is 9.32 Å². The maximum Gasteiger partial charge on any atom is 0.228 e. The van der Waals surface area contributed by atoms with Crippen LogP contribution in [0, 0.1) is 0 Å². The molecule has 0 unspecified atom stereocenters. The van der Waals surface area contributed by atoms with Crippen LogP contribution in [-0.4, -0.2) is 46.9 Å². The van der Waals surface area contributed by atoms with Gasteiger partial charge in [0.1, 0.15) is 0 Å². The van der Waals surface area contributed by atoms with Crippen molar-refractivity contribution in [2.24, 2.45) is 0 Å². The van der Waals surface area contributed by atoms with E-state index >= 15 is 0 Å². The van der Waals surface area contributed by atoms with Gasteiger partial charge in [-0.3, -0.25) is 9.69 Å². The van der Waals surface area contributed by atoms with Crippen molar-refractivity contribution in [2.45, 2.75) is 13.0 Å². The first kappa shape index (κ1) is 18.2. The molecule has 0 bridgehead atoms. The van der Waals surface area contributed by atoms with E-state index in [2.05, 4.69) is 16.0 Å². The van der Waals surface area contributed by atoms with E-state index in [-0.39, 0.29) is 5.91 Å². The van der Waals surface area contributed by atoms with Gasteiger partial charge in [0.15, 0.2) is 10.8 Å². The van der Waals surface area contributed by atoms with Crippen molar-refractivity contribution in [3.63, 3.8) is 0 Å². The molecule has 1 amide bonds. The van der Waals surface area contributed by atoms with Gasteiger partial charge in [-0.1, -0.05) is 23.7 Å². The van der Waals surface area contributed by atoms with Crippen LogP contribution in [-0.2, 0) is 17.8 Å². The molecular weight excluding hydrogens is 382 g/mol. The highest BCUT2D eigenvalue weighted by Crippen LogP contribution is 2.24. The molecule has 1 fully saturated rings. The van der Waals surface area contributed by atoms with Crippen LogP contribution in [0.25, 0.3) is 10.8 Å². The van der Waals surface area contributed by atoms with Gasteiger partial charge in [-0.15, -0.1) is 11.3 Å². The molecule has 0 radical (unpaired) electrons. The van der Waals surface area contributed by atoms with Crippen LogP contribution in [0.5, 0.6) is 0 Å². The number of amides is 1. The molecule has 7 heteroatoms. The number of hydrogen-bond donors (Lipinski definition) is 0. The predicted molar refractivity (Wildman–Crippen MR) is 107 cm³/mol. The average Bonchev–Trinajstić information content (AvgIpc) is 3.34. The van der Waals surface area contributed by atoms with Crippen LogP contribution < -0.4 is 0 Å². The van der Waals surface area contributed by atoms with E-state index in [1.54, 1.807) is 6.26 Å². The van der Waals surface area contributed by atoms with Crippen LogP contribution in [0.15, 0.2) is 52.5 Å². The molecule has 5 nitrogen and oxygen atoms in total. The first-order valence-electron chi connectivity index (χ1n) is 8.90. The molecule has 0 N–H and O–H groups in total. The van der Waals surface area contributed by atoms with Gasteiger partial charge in [0, 0.05) is 43.1 Å². The van der Waals surface area contributed by atoms with Gasteiger partial charge in [0.05, 0.1) is 18.4 Å². The Hall–Kier alpha value is -2.15. The Morgan fingerprint density at radius 3 is 2.78 bits per heavy atom. The fourth-order valence-corrected chi connectivity index (χ4v) is 4.22. The molecule has 1 saturated heterocycles. The number of furan rings is 1. The Bertz CT molecular complexity index is 902. The Morgan fingerprint density at radius 1 is 1.19 bits per heavy atom. The summed E-state index contributed by atoms with van der Waals surface area (Å²) in [6.07, 6.45) is 1.97. The minimum absolute atomic E-state index is 0.133. The minimum atomic E-state index is 0.133. The maximum atomic E-state index is 12.6. The molecule has 0 aliphatic carbocycles. The van der Waals surface area contributed by atoms with Crippen LogP contribution in [0.3, 0.4) is 0 Å². The second kappa shape index (κ2) is 8.25. The van der Waals surface area contributed by atoms with Gasteiger partial charge in [-0.05, 0) is 29.8 Å². The standard InChI is InChI=1S/C20H20ClN3O2S/c21-16-4-1-3-15(11-16)13-23-6-8-24(9-7-23)19(25)12-17-14-27-20(22-17)18-5-2-10-26-18/h1-5,10-11,14H,6-9,12-13H2. The van der Waals surface area contributed by atoms with Crippen LogP contribution in [0.4, 0.5) is 0 Å². The summed E-state index contributed by atoms with van der Waals surface area (Å²) in [5.74, 6) is 0.877. The molecule has 27 heavy (non-hydrogen) atoms. The van der Waals surface area contributed by atoms with Gasteiger partial charge in [-0.2, -0.15) is 0 Å². The van der Waals surface area contributed by atoms with Crippen molar-refractivity contribution in [3.05, 3.63) is 64.3 Å². The highest BCUT2D eigenvalue weighted by molar-refractivity contribution is 7.13. The number of benzene rings is 1. The van der Waals surface area contributed by atoms with E-state index in [9.17, 15) is 4.79 Å². The van der Waals surface area contributed by atoms with Crippen molar-refractivity contribution < 1.29 is 9.21 Å². The first-order valence-corrected chi connectivity index (χ1v) is 10.2. The number of carbonyl (C=O) groups is 1. The number of nitrogens with zero attached hydrogens (tertiary/aromatic N) is 3. The smallest absolute Gasteiger partial charge is 0.228 e. The van der Waals surface area contributed by atoms with Gasteiger partial charge in [0.2, 0.25) is 5.91 Å². The molecular formula is C20H20ClN3O2S. The topological polar surface area (TPSA) is 49.6 Å². The van der Waals surface area contributed by atoms with Gasteiger partial charge in [0.25, 0.3) is 0 Å². The highest BCUT2D eigenvalue weighted by atomic mass is 35.5. The van der Waals surface area contributed by atoms with E-state index in [4.69, 9.17) is 16.0 Å². The van der Waals surface area contributed by atoms with E-state index < -0.39 is 0 Å². The molecule has 0 atom stereocenters. The highest BCUT2D eigenvalue weighted by Gasteiger charge is 2.22.